The minimum atomic E-state index is -1.03. The summed E-state index contributed by atoms with van der Waals surface area (Å²) in [6, 6.07) is 29.1. The summed E-state index contributed by atoms with van der Waals surface area (Å²) in [6.45, 7) is 4.62. The summed E-state index contributed by atoms with van der Waals surface area (Å²) in [5, 5.41) is 21.6. The highest BCUT2D eigenvalue weighted by atomic mass is 16.6. The highest BCUT2D eigenvalue weighted by Gasteiger charge is 2.34. The lowest BCUT2D eigenvalue weighted by atomic mass is 10.0. The van der Waals surface area contributed by atoms with E-state index in [4.69, 9.17) is 14.2 Å². The van der Waals surface area contributed by atoms with Gasteiger partial charge in [0, 0.05) is 0 Å². The first-order chi connectivity index (χ1) is 16.2. The van der Waals surface area contributed by atoms with Crippen molar-refractivity contribution in [2.45, 2.75) is 44.2 Å². The fourth-order valence-corrected chi connectivity index (χ4v) is 3.45. The lowest BCUT2D eigenvalue weighted by molar-refractivity contribution is -0.168. The van der Waals surface area contributed by atoms with Crippen LogP contribution in [-0.2, 0) is 34.0 Å². The molecule has 0 fully saturated rings. The molecule has 0 bridgehead atoms. The first kappa shape index (κ1) is 24.8. The maximum atomic E-state index is 11.0. The molecule has 0 aromatic heterocycles. The molecule has 0 unspecified atom stereocenters. The molecule has 5 heteroatoms. The summed E-state index contributed by atoms with van der Waals surface area (Å²) >= 11 is 0. The van der Waals surface area contributed by atoms with Gasteiger partial charge >= 0.3 is 0 Å². The van der Waals surface area contributed by atoms with Crippen LogP contribution >= 0.6 is 0 Å². The molecular formula is C28H32O5. The third kappa shape index (κ3) is 8.24. The fourth-order valence-electron chi connectivity index (χ4n) is 3.45. The fraction of sp³-hybridized carbons (Fsp3) is 0.286. The number of hydrogen-bond donors (Lipinski definition) is 2. The molecule has 0 aliphatic rings. The summed E-state index contributed by atoms with van der Waals surface area (Å²) in [7, 11) is 0. The molecule has 2 N–H and O–H groups in total. The minimum absolute atomic E-state index is 0.0312. The van der Waals surface area contributed by atoms with Gasteiger partial charge in [0.15, 0.2) is 0 Å². The van der Waals surface area contributed by atoms with Gasteiger partial charge in [0.1, 0.15) is 24.4 Å². The zero-order valence-electron chi connectivity index (χ0n) is 18.7. The number of benzene rings is 3. The van der Waals surface area contributed by atoms with Crippen molar-refractivity contribution >= 4 is 0 Å². The van der Waals surface area contributed by atoms with E-state index in [-0.39, 0.29) is 19.8 Å². The SMILES string of the molecule is C=C[C@@H](O)[C@@H](OCc1ccccc1)[C@H](OCc1ccccc1)[C@H](O)COCc1ccccc1. The number of rotatable bonds is 14. The summed E-state index contributed by atoms with van der Waals surface area (Å²) < 4.78 is 17.9. The molecule has 4 atom stereocenters. The molecule has 0 heterocycles. The molecular weight excluding hydrogens is 416 g/mol. The van der Waals surface area contributed by atoms with E-state index in [1.54, 1.807) is 0 Å². The molecule has 0 radical (unpaired) electrons. The largest absolute Gasteiger partial charge is 0.388 e. The van der Waals surface area contributed by atoms with Gasteiger partial charge in [-0.1, -0.05) is 97.1 Å². The lowest BCUT2D eigenvalue weighted by Crippen LogP contribution is -2.48. The molecule has 3 aromatic carbocycles. The number of aliphatic hydroxyl groups excluding tert-OH is 2. The van der Waals surface area contributed by atoms with E-state index in [9.17, 15) is 10.2 Å². The smallest absolute Gasteiger partial charge is 0.116 e. The lowest BCUT2D eigenvalue weighted by Gasteiger charge is -2.33. The Morgan fingerprint density at radius 3 is 1.52 bits per heavy atom. The Kier molecular flexibility index (Phi) is 10.3. The number of aliphatic hydroxyl groups is 2. The maximum absolute atomic E-state index is 11.0. The third-order valence-corrected chi connectivity index (χ3v) is 5.25. The van der Waals surface area contributed by atoms with Crippen LogP contribution in [0.1, 0.15) is 16.7 Å². The van der Waals surface area contributed by atoms with Crippen LogP contribution in [0.2, 0.25) is 0 Å². The van der Waals surface area contributed by atoms with E-state index in [0.717, 1.165) is 16.7 Å². The van der Waals surface area contributed by atoms with Crippen molar-refractivity contribution in [1.82, 2.24) is 0 Å². The maximum Gasteiger partial charge on any atom is 0.116 e. The van der Waals surface area contributed by atoms with E-state index in [0.29, 0.717) is 6.61 Å². The Morgan fingerprint density at radius 2 is 1.06 bits per heavy atom. The van der Waals surface area contributed by atoms with Crippen molar-refractivity contribution in [3.8, 4) is 0 Å². The first-order valence-corrected chi connectivity index (χ1v) is 11.1. The molecule has 0 spiro atoms. The van der Waals surface area contributed by atoms with Gasteiger partial charge in [-0.15, -0.1) is 6.58 Å². The molecule has 0 aliphatic carbocycles. The Balaban J connectivity index is 1.70. The van der Waals surface area contributed by atoms with Gasteiger partial charge in [-0.05, 0) is 16.7 Å². The second-order valence-corrected chi connectivity index (χ2v) is 7.82. The van der Waals surface area contributed by atoms with Crippen LogP contribution in [0.15, 0.2) is 104 Å². The van der Waals surface area contributed by atoms with Crippen LogP contribution < -0.4 is 0 Å². The Labute approximate surface area is 195 Å². The second-order valence-electron chi connectivity index (χ2n) is 7.82. The van der Waals surface area contributed by atoms with Gasteiger partial charge in [-0.2, -0.15) is 0 Å². The molecule has 0 aliphatic heterocycles. The van der Waals surface area contributed by atoms with E-state index < -0.39 is 24.4 Å². The van der Waals surface area contributed by atoms with Crippen molar-refractivity contribution in [3.05, 3.63) is 120 Å². The quantitative estimate of drug-likeness (QED) is 0.360. The Morgan fingerprint density at radius 1 is 0.636 bits per heavy atom. The summed E-state index contributed by atoms with van der Waals surface area (Å²) in [6.07, 6.45) is -2.32. The average Bonchev–Trinajstić information content (AvgIpc) is 2.87. The zero-order chi connectivity index (χ0) is 23.3. The van der Waals surface area contributed by atoms with Gasteiger partial charge in [0.2, 0.25) is 0 Å². The van der Waals surface area contributed by atoms with E-state index in [1.165, 1.54) is 6.08 Å². The zero-order valence-corrected chi connectivity index (χ0v) is 18.7. The van der Waals surface area contributed by atoms with Gasteiger partial charge < -0.3 is 24.4 Å². The molecule has 3 rings (SSSR count). The van der Waals surface area contributed by atoms with Gasteiger partial charge in [0.05, 0.1) is 26.4 Å². The van der Waals surface area contributed by atoms with Crippen molar-refractivity contribution in [1.29, 1.82) is 0 Å². The monoisotopic (exact) mass is 448 g/mol. The normalized spacial score (nSPS) is 14.8. The number of hydrogen-bond acceptors (Lipinski definition) is 5. The third-order valence-electron chi connectivity index (χ3n) is 5.25. The van der Waals surface area contributed by atoms with Crippen LogP contribution in [-0.4, -0.2) is 41.2 Å². The molecule has 0 saturated heterocycles. The van der Waals surface area contributed by atoms with Crippen molar-refractivity contribution in [3.63, 3.8) is 0 Å². The highest BCUT2D eigenvalue weighted by Crippen LogP contribution is 2.19. The molecule has 0 saturated carbocycles. The average molecular weight is 449 g/mol. The molecule has 0 amide bonds. The second kappa shape index (κ2) is 13.7. The topological polar surface area (TPSA) is 68.2 Å². The predicted molar refractivity (Wildman–Crippen MR) is 128 cm³/mol. The van der Waals surface area contributed by atoms with Crippen LogP contribution in [0, 0.1) is 0 Å². The van der Waals surface area contributed by atoms with Crippen LogP contribution in [0.5, 0.6) is 0 Å². The van der Waals surface area contributed by atoms with Crippen molar-refractivity contribution < 1.29 is 24.4 Å². The number of ether oxygens (including phenoxy) is 3. The standard InChI is InChI=1S/C28H32O5/c1-2-25(29)27(32-19-23-14-8-4-9-15-23)28(33-20-24-16-10-5-11-17-24)26(30)21-31-18-22-12-6-3-7-13-22/h2-17,25-30H,1,18-21H2/t25-,26-,27-,28-/m1/s1. The first-order valence-electron chi connectivity index (χ1n) is 11.1. The van der Waals surface area contributed by atoms with Crippen molar-refractivity contribution in [2.75, 3.05) is 6.61 Å². The van der Waals surface area contributed by atoms with Crippen LogP contribution in [0.25, 0.3) is 0 Å². The molecule has 174 valence electrons. The Bertz CT molecular complexity index is 917. The Hall–Kier alpha value is -2.80. The van der Waals surface area contributed by atoms with Gasteiger partial charge in [0.25, 0.3) is 0 Å². The van der Waals surface area contributed by atoms with Crippen LogP contribution in [0.4, 0.5) is 0 Å². The molecule has 5 nitrogen and oxygen atoms in total. The highest BCUT2D eigenvalue weighted by molar-refractivity contribution is 5.15. The van der Waals surface area contributed by atoms with E-state index in [1.807, 2.05) is 91.0 Å². The van der Waals surface area contributed by atoms with Crippen molar-refractivity contribution in [2.24, 2.45) is 0 Å². The summed E-state index contributed by atoms with van der Waals surface area (Å²) in [5.41, 5.74) is 2.92. The minimum Gasteiger partial charge on any atom is -0.388 e. The van der Waals surface area contributed by atoms with Gasteiger partial charge in [-0.3, -0.25) is 0 Å². The van der Waals surface area contributed by atoms with Gasteiger partial charge in [-0.25, -0.2) is 0 Å². The summed E-state index contributed by atoms with van der Waals surface area (Å²) in [4.78, 5) is 0. The predicted octanol–water partition coefficient (Wildman–Crippen LogP) is 4.28. The van der Waals surface area contributed by atoms with E-state index in [2.05, 4.69) is 6.58 Å². The molecule has 33 heavy (non-hydrogen) atoms. The molecule has 3 aromatic rings. The summed E-state index contributed by atoms with van der Waals surface area (Å²) in [5.74, 6) is 0. The van der Waals surface area contributed by atoms with E-state index >= 15 is 0 Å². The van der Waals surface area contributed by atoms with Crippen LogP contribution in [0.3, 0.4) is 0 Å².